The quantitative estimate of drug-likeness (QED) is 0.809. The second-order valence-electron chi connectivity index (χ2n) is 3.77. The molecule has 0 spiro atoms. The Hall–Kier alpha value is -0.410. The molecule has 3 heteroatoms. The Morgan fingerprint density at radius 3 is 2.31 bits per heavy atom. The van der Waals surface area contributed by atoms with Crippen LogP contribution in [-0.4, -0.2) is 0 Å². The second-order valence-corrected chi connectivity index (χ2v) is 4.57. The van der Waals surface area contributed by atoms with Crippen LogP contribution in [0, 0.1) is 12.7 Å². The predicted molar refractivity (Wildman–Crippen MR) is 56.1 cm³/mol. The van der Waals surface area contributed by atoms with Crippen molar-refractivity contribution in [2.24, 2.45) is 5.73 Å². The minimum atomic E-state index is -0.523. The lowest BCUT2D eigenvalue weighted by Gasteiger charge is -2.23. The van der Waals surface area contributed by atoms with Crippen LogP contribution in [0.3, 0.4) is 0 Å². The van der Waals surface area contributed by atoms with Gasteiger partial charge in [-0.05, 0) is 53.9 Å². The van der Waals surface area contributed by atoms with Crippen LogP contribution in [0.1, 0.15) is 25.0 Å². The zero-order valence-corrected chi connectivity index (χ0v) is 9.57. The van der Waals surface area contributed by atoms with Crippen molar-refractivity contribution in [1.82, 2.24) is 0 Å². The highest BCUT2D eigenvalue weighted by atomic mass is 79.9. The molecule has 1 aromatic rings. The van der Waals surface area contributed by atoms with E-state index in [2.05, 4.69) is 15.9 Å². The summed E-state index contributed by atoms with van der Waals surface area (Å²) in [5, 5.41) is 0. The summed E-state index contributed by atoms with van der Waals surface area (Å²) < 4.78 is 13.7. The fourth-order valence-electron chi connectivity index (χ4n) is 1.44. The fourth-order valence-corrected chi connectivity index (χ4v) is 2.39. The zero-order valence-electron chi connectivity index (χ0n) is 7.99. The van der Waals surface area contributed by atoms with Gasteiger partial charge in [0.25, 0.3) is 0 Å². The first-order valence-electron chi connectivity index (χ1n) is 4.08. The molecular weight excluding hydrogens is 233 g/mol. The van der Waals surface area contributed by atoms with Gasteiger partial charge < -0.3 is 5.73 Å². The molecule has 1 aromatic carbocycles. The monoisotopic (exact) mass is 245 g/mol. The summed E-state index contributed by atoms with van der Waals surface area (Å²) >= 11 is 3.21. The first kappa shape index (κ1) is 10.7. The van der Waals surface area contributed by atoms with Crippen molar-refractivity contribution in [2.75, 3.05) is 0 Å². The third-order valence-electron chi connectivity index (χ3n) is 1.95. The minimum Gasteiger partial charge on any atom is -0.322 e. The Morgan fingerprint density at radius 1 is 1.38 bits per heavy atom. The van der Waals surface area contributed by atoms with Gasteiger partial charge in [0.1, 0.15) is 5.82 Å². The van der Waals surface area contributed by atoms with Gasteiger partial charge in [-0.15, -0.1) is 0 Å². The number of halogens is 2. The zero-order chi connectivity index (χ0) is 10.2. The molecule has 72 valence electrons. The third-order valence-corrected chi connectivity index (χ3v) is 2.72. The summed E-state index contributed by atoms with van der Waals surface area (Å²) in [6.45, 7) is 5.65. The molecule has 2 N–H and O–H groups in total. The first-order chi connectivity index (χ1) is 5.84. The van der Waals surface area contributed by atoms with Crippen molar-refractivity contribution in [2.45, 2.75) is 26.3 Å². The van der Waals surface area contributed by atoms with Gasteiger partial charge in [-0.3, -0.25) is 0 Å². The van der Waals surface area contributed by atoms with Crippen LogP contribution in [0.2, 0.25) is 0 Å². The number of benzene rings is 1. The van der Waals surface area contributed by atoms with Crippen molar-refractivity contribution in [3.05, 3.63) is 33.5 Å². The van der Waals surface area contributed by atoms with E-state index in [1.165, 1.54) is 6.07 Å². The van der Waals surface area contributed by atoms with E-state index in [1.807, 2.05) is 20.8 Å². The van der Waals surface area contributed by atoms with E-state index < -0.39 is 5.54 Å². The Balaban J connectivity index is 3.43. The van der Waals surface area contributed by atoms with Gasteiger partial charge in [0.15, 0.2) is 0 Å². The molecule has 0 saturated heterocycles. The standard InChI is InChI=1S/C10H13BrFN/c1-6-4-5-7(12)9(11)8(6)10(2,3)13/h4-5H,13H2,1-3H3. The van der Waals surface area contributed by atoms with Gasteiger partial charge in [0.05, 0.1) is 4.47 Å². The average molecular weight is 246 g/mol. The van der Waals surface area contributed by atoms with Gasteiger partial charge in [0, 0.05) is 5.54 Å². The number of aryl methyl sites for hydroxylation is 1. The topological polar surface area (TPSA) is 26.0 Å². The maximum Gasteiger partial charge on any atom is 0.137 e. The van der Waals surface area contributed by atoms with E-state index in [1.54, 1.807) is 6.07 Å². The third kappa shape index (κ3) is 2.09. The van der Waals surface area contributed by atoms with Gasteiger partial charge in [-0.2, -0.15) is 0 Å². The van der Waals surface area contributed by atoms with Crippen molar-refractivity contribution in [3.8, 4) is 0 Å². The molecule has 1 nitrogen and oxygen atoms in total. The summed E-state index contributed by atoms with van der Waals surface area (Å²) in [5.41, 5.74) is 7.23. The Morgan fingerprint density at radius 2 is 1.92 bits per heavy atom. The van der Waals surface area contributed by atoms with Crippen LogP contribution in [0.5, 0.6) is 0 Å². The van der Waals surface area contributed by atoms with Crippen LogP contribution in [0.15, 0.2) is 16.6 Å². The molecule has 0 unspecified atom stereocenters. The lowest BCUT2D eigenvalue weighted by Crippen LogP contribution is -2.30. The fraction of sp³-hybridized carbons (Fsp3) is 0.400. The van der Waals surface area contributed by atoms with Crippen LogP contribution in [-0.2, 0) is 5.54 Å². The highest BCUT2D eigenvalue weighted by Crippen LogP contribution is 2.31. The smallest absolute Gasteiger partial charge is 0.137 e. The second kappa shape index (κ2) is 3.39. The lowest BCUT2D eigenvalue weighted by atomic mass is 9.91. The molecule has 1 rings (SSSR count). The Bertz CT molecular complexity index is 328. The highest BCUT2D eigenvalue weighted by molar-refractivity contribution is 9.10. The van der Waals surface area contributed by atoms with Gasteiger partial charge in [0.2, 0.25) is 0 Å². The van der Waals surface area contributed by atoms with E-state index in [-0.39, 0.29) is 5.82 Å². The van der Waals surface area contributed by atoms with Gasteiger partial charge in [-0.1, -0.05) is 6.07 Å². The summed E-state index contributed by atoms with van der Waals surface area (Å²) in [6.07, 6.45) is 0. The molecule has 0 aliphatic carbocycles. The van der Waals surface area contributed by atoms with E-state index >= 15 is 0 Å². The normalized spacial score (nSPS) is 11.8. The molecule has 0 saturated carbocycles. The largest absolute Gasteiger partial charge is 0.322 e. The molecule has 0 heterocycles. The Labute approximate surface area is 86.3 Å². The molecule has 0 aliphatic heterocycles. The summed E-state index contributed by atoms with van der Waals surface area (Å²) in [7, 11) is 0. The van der Waals surface area contributed by atoms with Gasteiger partial charge >= 0.3 is 0 Å². The van der Waals surface area contributed by atoms with E-state index in [0.29, 0.717) is 4.47 Å². The van der Waals surface area contributed by atoms with Crippen LogP contribution < -0.4 is 5.73 Å². The maximum absolute atomic E-state index is 13.2. The molecule has 0 aliphatic rings. The predicted octanol–water partition coefficient (Wildman–Crippen LogP) is 3.09. The molecule has 0 aromatic heterocycles. The maximum atomic E-state index is 13.2. The number of hydrogen-bond acceptors (Lipinski definition) is 1. The first-order valence-corrected chi connectivity index (χ1v) is 4.87. The molecule has 0 bridgehead atoms. The summed E-state index contributed by atoms with van der Waals surface area (Å²) in [4.78, 5) is 0. The Kier molecular flexibility index (Phi) is 2.78. The van der Waals surface area contributed by atoms with E-state index in [9.17, 15) is 4.39 Å². The van der Waals surface area contributed by atoms with E-state index in [4.69, 9.17) is 5.73 Å². The van der Waals surface area contributed by atoms with Crippen LogP contribution >= 0.6 is 15.9 Å². The molecule has 13 heavy (non-hydrogen) atoms. The average Bonchev–Trinajstić information content (AvgIpc) is 1.95. The molecule has 0 atom stereocenters. The van der Waals surface area contributed by atoms with Crippen molar-refractivity contribution < 1.29 is 4.39 Å². The molecule has 0 fully saturated rings. The molecule has 0 amide bonds. The number of rotatable bonds is 1. The van der Waals surface area contributed by atoms with Crippen molar-refractivity contribution in [3.63, 3.8) is 0 Å². The highest BCUT2D eigenvalue weighted by Gasteiger charge is 2.21. The van der Waals surface area contributed by atoms with Crippen LogP contribution in [0.25, 0.3) is 0 Å². The summed E-state index contributed by atoms with van der Waals surface area (Å²) in [6, 6.07) is 3.18. The van der Waals surface area contributed by atoms with Crippen LogP contribution in [0.4, 0.5) is 4.39 Å². The molecular formula is C10H13BrFN. The van der Waals surface area contributed by atoms with Crippen molar-refractivity contribution >= 4 is 15.9 Å². The van der Waals surface area contributed by atoms with Crippen molar-refractivity contribution in [1.29, 1.82) is 0 Å². The lowest BCUT2D eigenvalue weighted by molar-refractivity contribution is 0.534. The SMILES string of the molecule is Cc1ccc(F)c(Br)c1C(C)(C)N. The molecule has 0 radical (unpaired) electrons. The van der Waals surface area contributed by atoms with Gasteiger partial charge in [-0.25, -0.2) is 4.39 Å². The number of hydrogen-bond donors (Lipinski definition) is 1. The summed E-state index contributed by atoms with van der Waals surface area (Å²) in [5.74, 6) is -0.265. The minimum absolute atomic E-state index is 0.265. The number of nitrogens with two attached hydrogens (primary N) is 1. The van der Waals surface area contributed by atoms with E-state index in [0.717, 1.165) is 11.1 Å².